The van der Waals surface area contributed by atoms with Crippen molar-refractivity contribution in [1.82, 2.24) is 0 Å². The van der Waals surface area contributed by atoms with E-state index in [1.165, 1.54) is 64.2 Å². The Labute approximate surface area is 172 Å². The van der Waals surface area contributed by atoms with Gasteiger partial charge in [0, 0.05) is 5.39 Å². The molecule has 2 aromatic carbocycles. The summed E-state index contributed by atoms with van der Waals surface area (Å²) in [6, 6.07) is 6.56. The lowest BCUT2D eigenvalue weighted by atomic mass is 9.63. The summed E-state index contributed by atoms with van der Waals surface area (Å²) in [4.78, 5) is 0. The third kappa shape index (κ3) is 4.49. The fourth-order valence-electron chi connectivity index (χ4n) is 5.99. The second-order valence-electron chi connectivity index (χ2n) is 9.53. The molecule has 2 fully saturated rings. The number of benzene rings is 2. The van der Waals surface area contributed by atoms with Crippen LogP contribution < -0.4 is 0 Å². The Balaban J connectivity index is 1.40. The fourth-order valence-corrected chi connectivity index (χ4v) is 5.99. The molecule has 0 saturated heterocycles. The van der Waals surface area contributed by atoms with Crippen molar-refractivity contribution in [3.05, 3.63) is 47.3 Å². The Morgan fingerprint density at radius 3 is 2.45 bits per heavy atom. The molecule has 3 heteroatoms. The first-order chi connectivity index (χ1) is 14.1. The molecule has 2 aliphatic carbocycles. The van der Waals surface area contributed by atoms with Crippen molar-refractivity contribution < 1.29 is 13.2 Å². The van der Waals surface area contributed by atoms with Gasteiger partial charge in [-0.1, -0.05) is 63.6 Å². The standard InChI is InChI=1S/C26H33F3/c1-2-3-4-5-6-17-7-8-19-14-20(10-9-18(19)13-17)21-11-12-23-22(15-21)16-24(27)26(29)25(23)28/h11-12,15-20H,2-10,13-14H2,1H3/t17-,18?,19-,20?/m1/s1. The highest BCUT2D eigenvalue weighted by Gasteiger charge is 2.35. The molecule has 0 aliphatic heterocycles. The van der Waals surface area contributed by atoms with Crippen LogP contribution >= 0.6 is 0 Å². The first-order valence-electron chi connectivity index (χ1n) is 11.6. The van der Waals surface area contributed by atoms with Crippen LogP contribution in [0.1, 0.15) is 89.0 Å². The second kappa shape index (κ2) is 9.10. The van der Waals surface area contributed by atoms with Crippen LogP contribution in [0.25, 0.3) is 10.8 Å². The number of halogens is 3. The fraction of sp³-hybridized carbons (Fsp3) is 0.615. The maximum Gasteiger partial charge on any atom is 0.195 e. The average molecular weight is 403 g/mol. The van der Waals surface area contributed by atoms with Crippen LogP contribution in [-0.4, -0.2) is 0 Å². The van der Waals surface area contributed by atoms with Gasteiger partial charge in [-0.15, -0.1) is 0 Å². The van der Waals surface area contributed by atoms with E-state index in [1.807, 2.05) is 12.1 Å². The molecule has 0 N–H and O–H groups in total. The van der Waals surface area contributed by atoms with Crippen molar-refractivity contribution in [3.63, 3.8) is 0 Å². The summed E-state index contributed by atoms with van der Waals surface area (Å²) in [7, 11) is 0. The first-order valence-corrected chi connectivity index (χ1v) is 11.6. The highest BCUT2D eigenvalue weighted by atomic mass is 19.2. The van der Waals surface area contributed by atoms with Crippen LogP contribution in [-0.2, 0) is 0 Å². The normalized spacial score (nSPS) is 27.2. The highest BCUT2D eigenvalue weighted by molar-refractivity contribution is 5.84. The lowest BCUT2D eigenvalue weighted by Gasteiger charge is -2.42. The van der Waals surface area contributed by atoms with Gasteiger partial charge in [0.15, 0.2) is 17.5 Å². The first kappa shape index (κ1) is 20.8. The predicted octanol–water partition coefficient (Wildman–Crippen LogP) is 8.53. The van der Waals surface area contributed by atoms with Crippen LogP contribution in [0.3, 0.4) is 0 Å². The van der Waals surface area contributed by atoms with E-state index in [-0.39, 0.29) is 5.39 Å². The summed E-state index contributed by atoms with van der Waals surface area (Å²) in [5.41, 5.74) is 1.16. The van der Waals surface area contributed by atoms with Crippen molar-refractivity contribution in [2.45, 2.75) is 83.5 Å². The number of hydrogen-bond donors (Lipinski definition) is 0. The summed E-state index contributed by atoms with van der Waals surface area (Å²) in [6.45, 7) is 2.27. The van der Waals surface area contributed by atoms with Crippen molar-refractivity contribution in [1.29, 1.82) is 0 Å². The molecule has 29 heavy (non-hydrogen) atoms. The van der Waals surface area contributed by atoms with Gasteiger partial charge >= 0.3 is 0 Å². The smallest absolute Gasteiger partial charge is 0.195 e. The van der Waals surface area contributed by atoms with Gasteiger partial charge < -0.3 is 0 Å². The van der Waals surface area contributed by atoms with E-state index in [1.54, 1.807) is 6.07 Å². The molecule has 0 bridgehead atoms. The summed E-state index contributed by atoms with van der Waals surface area (Å²) < 4.78 is 41.2. The lowest BCUT2D eigenvalue weighted by molar-refractivity contribution is 0.113. The predicted molar refractivity (Wildman–Crippen MR) is 113 cm³/mol. The monoisotopic (exact) mass is 402 g/mol. The van der Waals surface area contributed by atoms with Gasteiger partial charge in [0.1, 0.15) is 0 Å². The van der Waals surface area contributed by atoms with E-state index >= 15 is 0 Å². The molecule has 4 atom stereocenters. The van der Waals surface area contributed by atoms with Crippen molar-refractivity contribution in [3.8, 4) is 0 Å². The molecule has 0 heterocycles. The Morgan fingerprint density at radius 2 is 1.62 bits per heavy atom. The molecule has 158 valence electrons. The van der Waals surface area contributed by atoms with Crippen LogP contribution in [0.2, 0.25) is 0 Å². The molecule has 2 saturated carbocycles. The third-order valence-corrected chi connectivity index (χ3v) is 7.66. The number of fused-ring (bicyclic) bond motifs is 2. The molecule has 0 amide bonds. The molecule has 0 radical (unpaired) electrons. The topological polar surface area (TPSA) is 0 Å². The number of rotatable bonds is 6. The van der Waals surface area contributed by atoms with Crippen LogP contribution in [0.4, 0.5) is 13.2 Å². The minimum atomic E-state index is -1.38. The zero-order valence-electron chi connectivity index (χ0n) is 17.5. The Morgan fingerprint density at radius 1 is 0.828 bits per heavy atom. The molecule has 2 aliphatic rings. The summed E-state index contributed by atoms with van der Waals surface area (Å²) in [5, 5.41) is 0.640. The summed E-state index contributed by atoms with van der Waals surface area (Å²) in [5.74, 6) is -0.527. The highest BCUT2D eigenvalue weighted by Crippen LogP contribution is 2.48. The molecule has 0 nitrogen and oxygen atoms in total. The molecular formula is C26H33F3. The summed E-state index contributed by atoms with van der Waals surface area (Å²) >= 11 is 0. The molecule has 0 spiro atoms. The zero-order valence-corrected chi connectivity index (χ0v) is 17.5. The second-order valence-corrected chi connectivity index (χ2v) is 9.53. The Kier molecular flexibility index (Phi) is 6.51. The third-order valence-electron chi connectivity index (χ3n) is 7.66. The molecule has 2 unspecified atom stereocenters. The van der Waals surface area contributed by atoms with Gasteiger partial charge in [-0.3, -0.25) is 0 Å². The van der Waals surface area contributed by atoms with Crippen LogP contribution in [0.5, 0.6) is 0 Å². The number of unbranched alkanes of at least 4 members (excludes halogenated alkanes) is 3. The van der Waals surface area contributed by atoms with E-state index in [0.717, 1.165) is 35.8 Å². The van der Waals surface area contributed by atoms with E-state index < -0.39 is 17.5 Å². The van der Waals surface area contributed by atoms with Gasteiger partial charge in [-0.2, -0.15) is 0 Å². The average Bonchev–Trinajstić information content (AvgIpc) is 2.74. The van der Waals surface area contributed by atoms with E-state index in [0.29, 0.717) is 11.3 Å². The minimum Gasteiger partial charge on any atom is -0.204 e. The van der Waals surface area contributed by atoms with E-state index in [2.05, 4.69) is 6.92 Å². The van der Waals surface area contributed by atoms with Crippen molar-refractivity contribution in [2.75, 3.05) is 0 Å². The van der Waals surface area contributed by atoms with Crippen LogP contribution in [0.15, 0.2) is 24.3 Å². The SMILES string of the molecule is CCCCCC[C@@H]1CC[C@@H]2CC(c3ccc4c(F)c(F)c(F)cc4c3)CCC2C1. The van der Waals surface area contributed by atoms with Gasteiger partial charge in [0.05, 0.1) is 0 Å². The van der Waals surface area contributed by atoms with E-state index in [9.17, 15) is 13.2 Å². The molecular weight excluding hydrogens is 369 g/mol. The van der Waals surface area contributed by atoms with Gasteiger partial charge in [0.2, 0.25) is 0 Å². The van der Waals surface area contributed by atoms with Gasteiger partial charge in [0.25, 0.3) is 0 Å². The summed E-state index contributed by atoms with van der Waals surface area (Å²) in [6.07, 6.45) is 14.6. The van der Waals surface area contributed by atoms with Gasteiger partial charge in [-0.05, 0) is 72.8 Å². The Hall–Kier alpha value is -1.51. The lowest BCUT2D eigenvalue weighted by Crippen LogP contribution is -2.30. The maximum atomic E-state index is 14.0. The largest absolute Gasteiger partial charge is 0.204 e. The number of hydrogen-bond acceptors (Lipinski definition) is 0. The zero-order chi connectivity index (χ0) is 20.4. The van der Waals surface area contributed by atoms with E-state index in [4.69, 9.17) is 0 Å². The molecule has 2 aromatic rings. The van der Waals surface area contributed by atoms with Crippen molar-refractivity contribution in [2.24, 2.45) is 17.8 Å². The minimum absolute atomic E-state index is 0.171. The van der Waals surface area contributed by atoms with Crippen LogP contribution in [0, 0.1) is 35.2 Å². The molecule has 0 aromatic heterocycles. The maximum absolute atomic E-state index is 14.0. The Bertz CT molecular complexity index is 843. The van der Waals surface area contributed by atoms with Gasteiger partial charge in [-0.25, -0.2) is 13.2 Å². The quantitative estimate of drug-likeness (QED) is 0.335. The van der Waals surface area contributed by atoms with Crippen molar-refractivity contribution >= 4 is 10.8 Å². The molecule has 4 rings (SSSR count).